The zero-order chi connectivity index (χ0) is 23.1. The minimum atomic E-state index is -0.196. The number of nitrogens with zero attached hydrogens (tertiary/aromatic N) is 1. The molecular formula is C28H29N3O2. The van der Waals surface area contributed by atoms with Crippen molar-refractivity contribution in [1.29, 1.82) is 0 Å². The van der Waals surface area contributed by atoms with Crippen LogP contribution >= 0.6 is 0 Å². The molecule has 0 fully saturated rings. The SMILES string of the molecule is COc1ccc2[nH]c3c(c2c1)CCN(C(=O)Nc1cc(C)cc(C)c1)[C@@H]3c1ccc(C)cc1. The van der Waals surface area contributed by atoms with Crippen molar-refractivity contribution in [1.82, 2.24) is 9.88 Å². The minimum absolute atomic E-state index is 0.0903. The van der Waals surface area contributed by atoms with Crippen LogP contribution < -0.4 is 10.1 Å². The van der Waals surface area contributed by atoms with Gasteiger partial charge in [0, 0.05) is 28.8 Å². The number of amides is 2. The van der Waals surface area contributed by atoms with Gasteiger partial charge in [-0.3, -0.25) is 0 Å². The van der Waals surface area contributed by atoms with Crippen LogP contribution in [0.25, 0.3) is 10.9 Å². The number of ether oxygens (including phenoxy) is 1. The van der Waals surface area contributed by atoms with Crippen molar-refractivity contribution in [2.45, 2.75) is 33.2 Å². The topological polar surface area (TPSA) is 57.4 Å². The van der Waals surface area contributed by atoms with Crippen LogP contribution in [-0.4, -0.2) is 29.6 Å². The summed E-state index contributed by atoms with van der Waals surface area (Å²) in [4.78, 5) is 19.1. The molecule has 2 heterocycles. The number of carbonyl (C=O) groups is 1. The summed E-state index contributed by atoms with van der Waals surface area (Å²) >= 11 is 0. The van der Waals surface area contributed by atoms with Crippen molar-refractivity contribution >= 4 is 22.6 Å². The average Bonchev–Trinajstić information content (AvgIpc) is 3.16. The fraction of sp³-hybridized carbons (Fsp3) is 0.250. The van der Waals surface area contributed by atoms with Crippen LogP contribution in [0.4, 0.5) is 10.5 Å². The van der Waals surface area contributed by atoms with Crippen molar-refractivity contribution in [3.63, 3.8) is 0 Å². The third kappa shape index (κ3) is 3.95. The van der Waals surface area contributed by atoms with E-state index in [-0.39, 0.29) is 12.1 Å². The molecule has 1 atom stereocenters. The number of carbonyl (C=O) groups excluding carboxylic acids is 1. The number of aryl methyl sites for hydroxylation is 3. The van der Waals surface area contributed by atoms with Crippen LogP contribution in [-0.2, 0) is 6.42 Å². The van der Waals surface area contributed by atoms with Crippen molar-refractivity contribution in [2.24, 2.45) is 0 Å². The Morgan fingerprint density at radius 3 is 2.39 bits per heavy atom. The van der Waals surface area contributed by atoms with Gasteiger partial charge in [0.05, 0.1) is 13.2 Å². The summed E-state index contributed by atoms with van der Waals surface area (Å²) in [6, 6.07) is 20.4. The van der Waals surface area contributed by atoms with Crippen LogP contribution in [0.2, 0.25) is 0 Å². The van der Waals surface area contributed by atoms with E-state index in [0.29, 0.717) is 6.54 Å². The Hall–Kier alpha value is -3.73. The van der Waals surface area contributed by atoms with E-state index >= 15 is 0 Å². The molecule has 5 nitrogen and oxygen atoms in total. The third-order valence-electron chi connectivity index (χ3n) is 6.46. The van der Waals surface area contributed by atoms with E-state index in [1.807, 2.05) is 36.9 Å². The monoisotopic (exact) mass is 439 g/mol. The lowest BCUT2D eigenvalue weighted by atomic mass is 9.92. The van der Waals surface area contributed by atoms with Gasteiger partial charge in [-0.05, 0) is 79.8 Å². The number of H-pyrrole nitrogens is 1. The van der Waals surface area contributed by atoms with E-state index in [2.05, 4.69) is 59.7 Å². The van der Waals surface area contributed by atoms with E-state index in [1.54, 1.807) is 7.11 Å². The minimum Gasteiger partial charge on any atom is -0.497 e. The lowest BCUT2D eigenvalue weighted by molar-refractivity contribution is 0.193. The fourth-order valence-electron chi connectivity index (χ4n) is 4.95. The molecule has 1 aromatic heterocycles. The van der Waals surface area contributed by atoms with Gasteiger partial charge in [0.1, 0.15) is 5.75 Å². The number of hydrogen-bond donors (Lipinski definition) is 2. The number of methoxy groups -OCH3 is 1. The van der Waals surface area contributed by atoms with Crippen LogP contribution in [0.15, 0.2) is 60.7 Å². The van der Waals surface area contributed by atoms with Gasteiger partial charge in [-0.25, -0.2) is 4.79 Å². The summed E-state index contributed by atoms with van der Waals surface area (Å²) in [7, 11) is 1.69. The van der Waals surface area contributed by atoms with Gasteiger partial charge < -0.3 is 19.9 Å². The highest BCUT2D eigenvalue weighted by molar-refractivity contribution is 5.92. The van der Waals surface area contributed by atoms with Crippen LogP contribution in [0.1, 0.15) is 39.6 Å². The van der Waals surface area contributed by atoms with Gasteiger partial charge in [0.2, 0.25) is 0 Å². The number of hydrogen-bond acceptors (Lipinski definition) is 2. The Morgan fingerprint density at radius 1 is 0.970 bits per heavy atom. The summed E-state index contributed by atoms with van der Waals surface area (Å²) in [5.74, 6) is 0.839. The van der Waals surface area contributed by atoms with Gasteiger partial charge >= 0.3 is 6.03 Å². The van der Waals surface area contributed by atoms with Crippen molar-refractivity contribution in [3.8, 4) is 5.75 Å². The first-order valence-corrected chi connectivity index (χ1v) is 11.3. The van der Waals surface area contributed by atoms with E-state index in [0.717, 1.165) is 51.1 Å². The lowest BCUT2D eigenvalue weighted by Gasteiger charge is -2.36. The smallest absolute Gasteiger partial charge is 0.322 e. The highest BCUT2D eigenvalue weighted by atomic mass is 16.5. The van der Waals surface area contributed by atoms with Gasteiger partial charge in [-0.1, -0.05) is 35.9 Å². The molecule has 0 radical (unpaired) electrons. The molecule has 0 unspecified atom stereocenters. The quantitative estimate of drug-likeness (QED) is 0.395. The first-order valence-electron chi connectivity index (χ1n) is 11.3. The summed E-state index contributed by atoms with van der Waals surface area (Å²) < 4.78 is 5.46. The normalized spacial score (nSPS) is 15.4. The maximum Gasteiger partial charge on any atom is 0.322 e. The number of aromatic amines is 1. The summed E-state index contributed by atoms with van der Waals surface area (Å²) in [5, 5.41) is 4.30. The van der Waals surface area contributed by atoms with E-state index < -0.39 is 0 Å². The van der Waals surface area contributed by atoms with Crippen LogP contribution in [0.5, 0.6) is 5.75 Å². The molecule has 0 aliphatic carbocycles. The predicted octanol–water partition coefficient (Wildman–Crippen LogP) is 6.28. The molecule has 2 amide bonds. The maximum absolute atomic E-state index is 13.5. The molecular weight excluding hydrogens is 410 g/mol. The number of urea groups is 1. The van der Waals surface area contributed by atoms with E-state index in [1.165, 1.54) is 11.1 Å². The molecule has 168 valence electrons. The molecule has 33 heavy (non-hydrogen) atoms. The molecule has 5 heteroatoms. The lowest BCUT2D eigenvalue weighted by Crippen LogP contribution is -2.43. The van der Waals surface area contributed by atoms with E-state index in [9.17, 15) is 4.79 Å². The highest BCUT2D eigenvalue weighted by Gasteiger charge is 2.34. The highest BCUT2D eigenvalue weighted by Crippen LogP contribution is 2.39. The Labute approximate surface area is 194 Å². The largest absolute Gasteiger partial charge is 0.497 e. The van der Waals surface area contributed by atoms with Crippen molar-refractivity contribution in [3.05, 3.63) is 94.2 Å². The average molecular weight is 440 g/mol. The molecule has 1 aliphatic heterocycles. The molecule has 0 bridgehead atoms. The Kier molecular flexibility index (Phi) is 5.33. The molecule has 0 saturated heterocycles. The number of rotatable bonds is 3. The molecule has 4 aromatic rings. The van der Waals surface area contributed by atoms with Gasteiger partial charge in [-0.2, -0.15) is 0 Å². The number of fused-ring (bicyclic) bond motifs is 3. The zero-order valence-electron chi connectivity index (χ0n) is 19.5. The predicted molar refractivity (Wildman–Crippen MR) is 133 cm³/mol. The Morgan fingerprint density at radius 2 is 1.70 bits per heavy atom. The first-order chi connectivity index (χ1) is 15.9. The second-order valence-electron chi connectivity index (χ2n) is 8.99. The molecule has 1 aliphatic rings. The molecule has 2 N–H and O–H groups in total. The molecule has 3 aromatic carbocycles. The van der Waals surface area contributed by atoms with Crippen molar-refractivity contribution in [2.75, 3.05) is 19.0 Å². The number of aromatic nitrogens is 1. The van der Waals surface area contributed by atoms with Gasteiger partial charge in [-0.15, -0.1) is 0 Å². The van der Waals surface area contributed by atoms with Crippen LogP contribution in [0.3, 0.4) is 0 Å². The maximum atomic E-state index is 13.5. The molecule has 5 rings (SSSR count). The van der Waals surface area contributed by atoms with Crippen molar-refractivity contribution < 1.29 is 9.53 Å². The Bertz CT molecular complexity index is 1320. The first kappa shape index (κ1) is 21.1. The number of benzene rings is 3. The molecule has 0 saturated carbocycles. The number of nitrogens with one attached hydrogen (secondary N) is 2. The fourth-order valence-corrected chi connectivity index (χ4v) is 4.95. The third-order valence-corrected chi connectivity index (χ3v) is 6.46. The molecule has 0 spiro atoms. The van der Waals surface area contributed by atoms with Gasteiger partial charge in [0.15, 0.2) is 0 Å². The second kappa shape index (κ2) is 8.32. The number of anilines is 1. The standard InChI is InChI=1S/C28H29N3O2/c1-17-5-7-20(8-6-17)27-26-23(24-16-22(33-4)9-10-25(24)30-26)11-12-31(27)28(32)29-21-14-18(2)13-19(3)15-21/h5-10,13-16,27,30H,11-12H2,1-4H3,(H,29,32)/t27-/m1/s1. The summed E-state index contributed by atoms with van der Waals surface area (Å²) in [5.41, 5.74) is 8.77. The Balaban J connectivity index is 1.58. The van der Waals surface area contributed by atoms with E-state index in [4.69, 9.17) is 4.74 Å². The summed E-state index contributed by atoms with van der Waals surface area (Å²) in [6.07, 6.45) is 0.783. The second-order valence-corrected chi connectivity index (χ2v) is 8.99. The van der Waals surface area contributed by atoms with Gasteiger partial charge in [0.25, 0.3) is 0 Å². The summed E-state index contributed by atoms with van der Waals surface area (Å²) in [6.45, 7) is 6.80. The van der Waals surface area contributed by atoms with Crippen LogP contribution in [0, 0.1) is 20.8 Å². The zero-order valence-corrected chi connectivity index (χ0v) is 19.5.